The van der Waals surface area contributed by atoms with Crippen LogP contribution in [0.15, 0.2) is 280 Å². The number of aromatic nitrogens is 6. The highest BCUT2D eigenvalue weighted by Gasteiger charge is 2.28. The standard InChI is InChI=1S/C25H24FN3O3.C25H24N2O3.C24H20FN3O4.C24H22N2O3/c1-16(2)28-9-8-23-22(14-28)21-6-5-19(11-24(21)32-23)29-10-7-20(12-25(29)30)31-15-18-4-3-17(26)13-27-18;1-2-26-12-11-23-22(16-26)21-9-8-19(14-24(21)30-23)27-13-10-20(15-25(27)28)29-17-18-6-4-3-5-7-18;1-15(29)27-8-7-22-21(13-27)20-5-4-18(10-23(20)32-22)28-9-6-19(11-24(28)30)31-14-17-3-2-16(25)12-26-17;1-25-11-10-22-21(15-25)20-8-7-18(13-23(20)29-22)26-12-9-19(14-24(26)27)28-16-17-5-3-2-4-6-17/h3-7,10-13,16H,8-9,14-15H2,1-2H3;3-10,13-15H,2,11-12,16-17H2,1H3;2-6,9-12H,7-8,13-14H2,1H3;2-9,12-14H,10-11,15-16H2,1H3. The van der Waals surface area contributed by atoms with Crippen LogP contribution in [0.2, 0.25) is 0 Å². The molecule has 4 aliphatic rings. The molecule has 0 bridgehead atoms. The molecule has 0 N–H and O–H groups in total. The number of nitrogens with zero attached hydrogens (tertiary/aromatic N) is 10. The maximum absolute atomic E-state index is 13.0. The number of pyridine rings is 6. The van der Waals surface area contributed by atoms with E-state index in [2.05, 4.69) is 64.6 Å². The van der Waals surface area contributed by atoms with Gasteiger partial charge in [0, 0.05) is 208 Å². The fraction of sp³-hybridized carbons (Fsp3) is 0.235. The molecule has 4 aliphatic heterocycles. The van der Waals surface area contributed by atoms with Crippen molar-refractivity contribution in [1.82, 2.24) is 47.8 Å². The second kappa shape index (κ2) is 36.1. The van der Waals surface area contributed by atoms with Gasteiger partial charge in [-0.15, -0.1) is 0 Å². The summed E-state index contributed by atoms with van der Waals surface area (Å²) < 4.78 is 79.4. The zero-order valence-electron chi connectivity index (χ0n) is 68.7. The van der Waals surface area contributed by atoms with E-state index in [1.54, 1.807) is 68.5 Å². The normalized spacial score (nSPS) is 13.9. The van der Waals surface area contributed by atoms with Crippen LogP contribution in [-0.2, 0) is 83.1 Å². The molecule has 123 heavy (non-hydrogen) atoms. The van der Waals surface area contributed by atoms with Gasteiger partial charge in [-0.3, -0.25) is 62.0 Å². The molecule has 10 aromatic heterocycles. The Kier molecular flexibility index (Phi) is 23.9. The van der Waals surface area contributed by atoms with E-state index in [-0.39, 0.29) is 41.4 Å². The molecule has 0 fully saturated rings. The fourth-order valence-electron chi connectivity index (χ4n) is 15.9. The fourth-order valence-corrected chi connectivity index (χ4v) is 15.9. The molecule has 0 saturated heterocycles. The molecule has 0 saturated carbocycles. The van der Waals surface area contributed by atoms with Gasteiger partial charge in [-0.05, 0) is 136 Å². The van der Waals surface area contributed by atoms with Crippen LogP contribution >= 0.6 is 0 Å². The Labute approximate surface area is 706 Å². The summed E-state index contributed by atoms with van der Waals surface area (Å²) in [5.74, 6) is 5.25. The molecule has 1 amide bonds. The predicted octanol–water partition coefficient (Wildman–Crippen LogP) is 16.8. The Bertz CT molecular complexity index is 6790. The van der Waals surface area contributed by atoms with Crippen LogP contribution in [0.25, 0.3) is 66.6 Å². The first-order valence-electron chi connectivity index (χ1n) is 41.1. The third kappa shape index (κ3) is 18.5. The van der Waals surface area contributed by atoms with Crippen molar-refractivity contribution < 1.29 is 50.2 Å². The van der Waals surface area contributed by atoms with E-state index in [0.29, 0.717) is 84.4 Å². The van der Waals surface area contributed by atoms with Gasteiger partial charge in [0.15, 0.2) is 0 Å². The average Bonchev–Trinajstić information content (AvgIpc) is 1.61. The maximum atomic E-state index is 13.0. The van der Waals surface area contributed by atoms with Gasteiger partial charge >= 0.3 is 0 Å². The van der Waals surface area contributed by atoms with Gasteiger partial charge in [-0.25, -0.2) is 8.78 Å². The molecular formula is C98H90F2N10O13. The van der Waals surface area contributed by atoms with E-state index in [1.807, 2.05) is 133 Å². The van der Waals surface area contributed by atoms with Crippen molar-refractivity contribution in [2.45, 2.75) is 112 Å². The van der Waals surface area contributed by atoms with Gasteiger partial charge in [0.2, 0.25) is 5.91 Å². The van der Waals surface area contributed by atoms with Gasteiger partial charge in [0.25, 0.3) is 22.2 Å². The molecule has 624 valence electrons. The lowest BCUT2D eigenvalue weighted by Crippen LogP contribution is -2.35. The molecule has 0 aliphatic carbocycles. The molecule has 6 aromatic carbocycles. The Balaban J connectivity index is 0.000000116. The number of ether oxygens (including phenoxy) is 4. The van der Waals surface area contributed by atoms with Crippen molar-refractivity contribution in [2.75, 3.05) is 39.8 Å². The van der Waals surface area contributed by atoms with Crippen LogP contribution in [0.3, 0.4) is 0 Å². The number of hydrogen-bond acceptors (Lipinski definition) is 18. The number of furan rings is 4. The maximum Gasteiger partial charge on any atom is 0.258 e. The number of fused-ring (bicyclic) bond motifs is 12. The first-order chi connectivity index (χ1) is 59.8. The van der Waals surface area contributed by atoms with Crippen LogP contribution in [0.4, 0.5) is 8.78 Å². The second-order valence-electron chi connectivity index (χ2n) is 31.2. The van der Waals surface area contributed by atoms with Crippen molar-refractivity contribution in [2.24, 2.45) is 0 Å². The Morgan fingerprint density at radius 2 is 0.764 bits per heavy atom. The third-order valence-electron chi connectivity index (χ3n) is 22.7. The Morgan fingerprint density at radius 1 is 0.407 bits per heavy atom. The van der Waals surface area contributed by atoms with E-state index in [4.69, 9.17) is 36.6 Å². The van der Waals surface area contributed by atoms with E-state index in [0.717, 1.165) is 173 Å². The third-order valence-corrected chi connectivity index (χ3v) is 22.7. The van der Waals surface area contributed by atoms with E-state index in [9.17, 15) is 32.8 Å². The summed E-state index contributed by atoms with van der Waals surface area (Å²) in [6.45, 7) is 17.3. The summed E-state index contributed by atoms with van der Waals surface area (Å²) in [6.07, 6.45) is 12.5. The van der Waals surface area contributed by atoms with Crippen LogP contribution in [0, 0.1) is 11.6 Å². The first kappa shape index (κ1) is 81.4. The van der Waals surface area contributed by atoms with Gasteiger partial charge < -0.3 is 46.4 Å². The number of likely N-dealkylation sites (N-methyl/N-ethyl adjacent to an activating group) is 2. The summed E-state index contributed by atoms with van der Waals surface area (Å²) in [7, 11) is 2.12. The molecule has 0 radical (unpaired) electrons. The number of benzene rings is 6. The lowest BCUT2D eigenvalue weighted by molar-refractivity contribution is -0.129. The molecule has 14 heterocycles. The summed E-state index contributed by atoms with van der Waals surface area (Å²) in [4.78, 5) is 79.4. The highest BCUT2D eigenvalue weighted by atomic mass is 19.1. The van der Waals surface area contributed by atoms with Crippen molar-refractivity contribution in [3.8, 4) is 45.7 Å². The lowest BCUT2D eigenvalue weighted by atomic mass is 10.0. The van der Waals surface area contributed by atoms with Crippen LogP contribution in [0.1, 0.15) is 95.5 Å². The minimum absolute atomic E-state index is 0.0469. The summed E-state index contributed by atoms with van der Waals surface area (Å²) >= 11 is 0. The molecular weight excluding hydrogens is 1560 g/mol. The molecule has 0 spiro atoms. The van der Waals surface area contributed by atoms with E-state index >= 15 is 0 Å². The molecule has 23 nitrogen and oxygen atoms in total. The van der Waals surface area contributed by atoms with Crippen molar-refractivity contribution in [3.63, 3.8) is 0 Å². The monoisotopic (exact) mass is 1650 g/mol. The number of rotatable bonds is 18. The van der Waals surface area contributed by atoms with Crippen LogP contribution < -0.4 is 41.2 Å². The topological polar surface area (TPSA) is 233 Å². The zero-order valence-corrected chi connectivity index (χ0v) is 68.7. The van der Waals surface area contributed by atoms with Crippen molar-refractivity contribution >= 4 is 49.8 Å². The van der Waals surface area contributed by atoms with Crippen molar-refractivity contribution in [1.29, 1.82) is 0 Å². The van der Waals surface area contributed by atoms with Gasteiger partial charge in [0.1, 0.15) is 106 Å². The second-order valence-corrected chi connectivity index (χ2v) is 31.2. The number of amides is 1. The van der Waals surface area contributed by atoms with Crippen LogP contribution in [-0.4, -0.2) is 99.6 Å². The summed E-state index contributed by atoms with van der Waals surface area (Å²) in [5, 5.41) is 4.33. The van der Waals surface area contributed by atoms with Gasteiger partial charge in [0.05, 0.1) is 46.5 Å². The average molecular weight is 1650 g/mol. The van der Waals surface area contributed by atoms with E-state index in [1.165, 1.54) is 63.7 Å². The smallest absolute Gasteiger partial charge is 0.258 e. The van der Waals surface area contributed by atoms with E-state index < -0.39 is 11.6 Å². The van der Waals surface area contributed by atoms with Crippen molar-refractivity contribution in [3.05, 3.63) is 364 Å². The highest BCUT2D eigenvalue weighted by molar-refractivity contribution is 5.88. The minimum Gasteiger partial charge on any atom is -0.489 e. The molecule has 25 heteroatoms. The molecule has 20 rings (SSSR count). The SMILES string of the molecule is CC(=O)N1CCc2oc3cc(-n4ccc(OCc5ccc(F)cn5)cc4=O)ccc3c2C1.CC(C)N1CCc2oc3cc(-n4ccc(OCc5ccc(F)cn5)cc4=O)ccc3c2C1.CCN1CCc2oc3cc(-n4ccc(OCc5ccccc5)cc4=O)ccc3c2C1.CN1CCc2oc3cc(-n4ccc(OCc5ccccc5)cc4=O)ccc3c2C1. The largest absolute Gasteiger partial charge is 0.489 e. The number of halogens is 2. The summed E-state index contributed by atoms with van der Waals surface area (Å²) in [6, 6.07) is 62.4. The first-order valence-corrected chi connectivity index (χ1v) is 41.1. The Morgan fingerprint density at radius 3 is 1.13 bits per heavy atom. The molecule has 0 unspecified atom stereocenters. The van der Waals surface area contributed by atoms with Gasteiger partial charge in [-0.2, -0.15) is 0 Å². The minimum atomic E-state index is -0.415. The predicted molar refractivity (Wildman–Crippen MR) is 465 cm³/mol. The lowest BCUT2D eigenvalue weighted by Gasteiger charge is -2.29. The van der Waals surface area contributed by atoms with Crippen LogP contribution in [0.5, 0.6) is 23.0 Å². The zero-order chi connectivity index (χ0) is 84.8. The quantitative estimate of drug-likeness (QED) is 0.0776. The highest BCUT2D eigenvalue weighted by Crippen LogP contribution is 2.37. The Hall–Kier alpha value is -14.0. The molecule has 16 aromatic rings. The number of hydrogen-bond donors (Lipinski definition) is 0. The number of carbonyl (C=O) groups is 1. The summed E-state index contributed by atoms with van der Waals surface area (Å²) in [5.41, 5.74) is 13.5. The molecule has 0 atom stereocenters. The number of carbonyl (C=O) groups excluding carboxylic acids is 1. The van der Waals surface area contributed by atoms with Gasteiger partial charge in [-0.1, -0.05) is 67.6 Å².